The van der Waals surface area contributed by atoms with Gasteiger partial charge in [-0.3, -0.25) is 4.79 Å². The Labute approximate surface area is 331 Å². The van der Waals surface area contributed by atoms with Crippen LogP contribution >= 0.6 is 0 Å². The van der Waals surface area contributed by atoms with E-state index < -0.39 is 24.2 Å². The molecular formula is C48H93NO4. The summed E-state index contributed by atoms with van der Waals surface area (Å²) in [6.07, 6.45) is 53.6. The van der Waals surface area contributed by atoms with Crippen LogP contribution in [-0.4, -0.2) is 46.1 Å². The molecule has 0 aromatic heterocycles. The number of hydrogen-bond donors (Lipinski definition) is 4. The molecule has 0 aliphatic heterocycles. The zero-order valence-electron chi connectivity index (χ0n) is 35.7. The average Bonchev–Trinajstić information content (AvgIpc) is 3.16. The Hall–Kier alpha value is -1.17. The Morgan fingerprint density at radius 2 is 0.774 bits per heavy atom. The second kappa shape index (κ2) is 43.6. The summed E-state index contributed by atoms with van der Waals surface area (Å²) in [6.45, 7) is 4.19. The molecule has 5 heteroatoms. The summed E-state index contributed by atoms with van der Waals surface area (Å²) in [6, 6.07) is -0.811. The number of nitrogens with one attached hydrogen (secondary N) is 1. The highest BCUT2D eigenvalue weighted by atomic mass is 16.3. The normalized spacial score (nSPS) is 13.7. The molecule has 0 fully saturated rings. The number of carbonyl (C=O) groups excluding carboxylic acids is 1. The highest BCUT2D eigenvalue weighted by Crippen LogP contribution is 2.16. The second-order valence-corrected chi connectivity index (χ2v) is 16.3. The quantitative estimate of drug-likeness (QED) is 0.0369. The molecule has 3 atom stereocenters. The fourth-order valence-electron chi connectivity index (χ4n) is 7.32. The number of aliphatic hydroxyl groups excluding tert-OH is 3. The van der Waals surface area contributed by atoms with Crippen LogP contribution in [0.4, 0.5) is 0 Å². The largest absolute Gasteiger partial charge is 0.394 e. The van der Waals surface area contributed by atoms with Crippen molar-refractivity contribution in [2.75, 3.05) is 6.61 Å². The maximum atomic E-state index is 12.5. The van der Waals surface area contributed by atoms with Crippen LogP contribution in [0, 0.1) is 0 Å². The summed E-state index contributed by atoms with van der Waals surface area (Å²) < 4.78 is 0. The van der Waals surface area contributed by atoms with E-state index in [-0.39, 0.29) is 6.61 Å². The Bertz CT molecular complexity index is 784. The number of hydrogen-bond acceptors (Lipinski definition) is 4. The topological polar surface area (TPSA) is 89.8 Å². The van der Waals surface area contributed by atoms with Crippen molar-refractivity contribution >= 4 is 5.91 Å². The van der Waals surface area contributed by atoms with E-state index in [1.165, 1.54) is 193 Å². The first-order valence-corrected chi connectivity index (χ1v) is 23.7. The van der Waals surface area contributed by atoms with E-state index in [0.29, 0.717) is 6.42 Å². The van der Waals surface area contributed by atoms with Gasteiger partial charge in [0.15, 0.2) is 0 Å². The first-order valence-electron chi connectivity index (χ1n) is 23.7. The number of amides is 1. The van der Waals surface area contributed by atoms with E-state index in [4.69, 9.17) is 0 Å². The number of carbonyl (C=O) groups is 1. The molecule has 5 nitrogen and oxygen atoms in total. The number of allylic oxidation sites excluding steroid dienone is 3. The van der Waals surface area contributed by atoms with Gasteiger partial charge in [-0.1, -0.05) is 244 Å². The van der Waals surface area contributed by atoms with Crippen LogP contribution in [0.5, 0.6) is 0 Å². The lowest BCUT2D eigenvalue weighted by atomic mass is 10.0. The van der Waals surface area contributed by atoms with Gasteiger partial charge >= 0.3 is 0 Å². The van der Waals surface area contributed by atoms with Gasteiger partial charge in [0.25, 0.3) is 0 Å². The van der Waals surface area contributed by atoms with Gasteiger partial charge in [0.2, 0.25) is 5.91 Å². The summed E-state index contributed by atoms with van der Waals surface area (Å²) in [5, 5.41) is 33.2. The molecule has 0 spiro atoms. The third kappa shape index (κ3) is 38.9. The van der Waals surface area contributed by atoms with Crippen molar-refractivity contribution in [1.29, 1.82) is 0 Å². The standard InChI is InChI=1S/C48H93NO4/c1-3-5-7-9-11-13-15-17-19-21-22-23-24-25-27-28-30-32-34-36-38-40-42-46(51)45(44-50)49-48(53)47(52)43-41-39-37-35-33-31-29-26-20-18-16-14-12-10-8-6-4-2/h32,34,40,42,45-47,50-52H,3-31,33,35-39,41,43-44H2,1-2H3,(H,49,53)/b34-32+,42-40+. The lowest BCUT2D eigenvalue weighted by molar-refractivity contribution is -0.131. The van der Waals surface area contributed by atoms with Crippen molar-refractivity contribution in [3.63, 3.8) is 0 Å². The number of unbranched alkanes of at least 4 members (excludes halogenated alkanes) is 33. The Kier molecular flexibility index (Phi) is 42.6. The second-order valence-electron chi connectivity index (χ2n) is 16.3. The van der Waals surface area contributed by atoms with Gasteiger partial charge in [0.1, 0.15) is 6.10 Å². The van der Waals surface area contributed by atoms with Crippen LogP contribution in [0.2, 0.25) is 0 Å². The Balaban J connectivity index is 3.66. The van der Waals surface area contributed by atoms with E-state index >= 15 is 0 Å². The van der Waals surface area contributed by atoms with Gasteiger partial charge in [0, 0.05) is 0 Å². The molecular weight excluding hydrogens is 655 g/mol. The first-order chi connectivity index (χ1) is 26.1. The van der Waals surface area contributed by atoms with Gasteiger partial charge in [0.05, 0.1) is 18.8 Å². The Morgan fingerprint density at radius 3 is 1.15 bits per heavy atom. The highest BCUT2D eigenvalue weighted by Gasteiger charge is 2.22. The van der Waals surface area contributed by atoms with Crippen molar-refractivity contribution < 1.29 is 20.1 Å². The van der Waals surface area contributed by atoms with Crippen LogP contribution in [-0.2, 0) is 4.79 Å². The van der Waals surface area contributed by atoms with E-state index in [9.17, 15) is 20.1 Å². The molecule has 53 heavy (non-hydrogen) atoms. The smallest absolute Gasteiger partial charge is 0.249 e. The van der Waals surface area contributed by atoms with Gasteiger partial charge in [-0.15, -0.1) is 0 Å². The van der Waals surface area contributed by atoms with Crippen LogP contribution in [0.3, 0.4) is 0 Å². The fraction of sp³-hybridized carbons (Fsp3) is 0.896. The van der Waals surface area contributed by atoms with Crippen LogP contribution in [0.25, 0.3) is 0 Å². The molecule has 3 unspecified atom stereocenters. The van der Waals surface area contributed by atoms with Crippen molar-refractivity contribution in [3.8, 4) is 0 Å². The lowest BCUT2D eigenvalue weighted by Crippen LogP contribution is -2.48. The Morgan fingerprint density at radius 1 is 0.453 bits per heavy atom. The molecule has 0 radical (unpaired) electrons. The average molecular weight is 748 g/mol. The summed E-state index contributed by atoms with van der Waals surface area (Å²) in [5.74, 6) is -0.509. The molecule has 0 saturated carbocycles. The van der Waals surface area contributed by atoms with Crippen LogP contribution in [0.1, 0.15) is 251 Å². The predicted molar refractivity (Wildman–Crippen MR) is 231 cm³/mol. The van der Waals surface area contributed by atoms with Crippen molar-refractivity contribution in [2.24, 2.45) is 0 Å². The summed E-state index contributed by atoms with van der Waals surface area (Å²) in [7, 11) is 0. The molecule has 0 aliphatic carbocycles. The molecule has 0 rings (SSSR count). The molecule has 4 N–H and O–H groups in total. The third-order valence-corrected chi connectivity index (χ3v) is 11.0. The van der Waals surface area contributed by atoms with Gasteiger partial charge in [-0.05, 0) is 32.1 Å². The number of aliphatic hydroxyl groups is 3. The summed E-state index contributed by atoms with van der Waals surface area (Å²) in [4.78, 5) is 12.5. The molecule has 0 aliphatic rings. The van der Waals surface area contributed by atoms with E-state index in [1.54, 1.807) is 6.08 Å². The van der Waals surface area contributed by atoms with E-state index in [0.717, 1.165) is 38.5 Å². The first kappa shape index (κ1) is 51.8. The van der Waals surface area contributed by atoms with Gasteiger partial charge < -0.3 is 20.6 Å². The van der Waals surface area contributed by atoms with Crippen LogP contribution < -0.4 is 5.32 Å². The molecule has 314 valence electrons. The summed E-state index contributed by atoms with van der Waals surface area (Å²) >= 11 is 0. The van der Waals surface area contributed by atoms with Crippen molar-refractivity contribution in [2.45, 2.75) is 270 Å². The molecule has 0 bridgehead atoms. The molecule has 0 saturated heterocycles. The number of rotatable bonds is 43. The molecule has 0 aromatic carbocycles. The van der Waals surface area contributed by atoms with E-state index in [2.05, 4.69) is 31.3 Å². The summed E-state index contributed by atoms with van der Waals surface area (Å²) in [5.41, 5.74) is 0. The van der Waals surface area contributed by atoms with Crippen LogP contribution in [0.15, 0.2) is 24.3 Å². The minimum atomic E-state index is -1.10. The van der Waals surface area contributed by atoms with E-state index in [1.807, 2.05) is 6.08 Å². The minimum absolute atomic E-state index is 0.373. The molecule has 1 amide bonds. The minimum Gasteiger partial charge on any atom is -0.394 e. The molecule has 0 heterocycles. The third-order valence-electron chi connectivity index (χ3n) is 11.0. The maximum Gasteiger partial charge on any atom is 0.249 e. The van der Waals surface area contributed by atoms with Gasteiger partial charge in [-0.25, -0.2) is 0 Å². The maximum absolute atomic E-state index is 12.5. The zero-order valence-corrected chi connectivity index (χ0v) is 35.7. The van der Waals surface area contributed by atoms with Crippen molar-refractivity contribution in [3.05, 3.63) is 24.3 Å². The zero-order chi connectivity index (χ0) is 38.7. The molecule has 0 aromatic rings. The monoisotopic (exact) mass is 748 g/mol. The van der Waals surface area contributed by atoms with Crippen molar-refractivity contribution in [1.82, 2.24) is 5.32 Å². The SMILES string of the molecule is CCCCCCCCCCCCCCCCCC/C=C/CC/C=C/C(O)C(CO)NC(=O)C(O)CCCCCCCCCCCCCCCCCCC. The predicted octanol–water partition coefficient (Wildman–Crippen LogP) is 13.8. The lowest BCUT2D eigenvalue weighted by Gasteiger charge is -2.21. The van der Waals surface area contributed by atoms with Gasteiger partial charge in [-0.2, -0.15) is 0 Å². The highest BCUT2D eigenvalue weighted by molar-refractivity contribution is 5.80. The fourth-order valence-corrected chi connectivity index (χ4v) is 7.32.